The van der Waals surface area contributed by atoms with E-state index >= 15 is 0 Å². The van der Waals surface area contributed by atoms with Crippen LogP contribution in [-0.4, -0.2) is 31.7 Å². The number of carbonyl (C=O) groups is 2. The van der Waals surface area contributed by atoms with E-state index in [1.54, 1.807) is 10.9 Å². The van der Waals surface area contributed by atoms with Gasteiger partial charge in [-0.1, -0.05) is 52.7 Å². The Morgan fingerprint density at radius 2 is 1.59 bits per heavy atom. The molecule has 1 aromatic rings. The van der Waals surface area contributed by atoms with Crippen LogP contribution in [-0.2, 0) is 22.7 Å². The third-order valence-electron chi connectivity index (χ3n) is 2.80. The summed E-state index contributed by atoms with van der Waals surface area (Å²) in [6, 6.07) is 0. The van der Waals surface area contributed by atoms with Gasteiger partial charge in [-0.3, -0.25) is 19.2 Å². The van der Waals surface area contributed by atoms with Crippen LogP contribution in [0.5, 0.6) is 0 Å². The van der Waals surface area contributed by atoms with Crippen LogP contribution in [0.25, 0.3) is 0 Å². The van der Waals surface area contributed by atoms with Crippen LogP contribution in [0.1, 0.15) is 59.6 Å². The summed E-state index contributed by atoms with van der Waals surface area (Å²) in [7, 11) is 0. The Labute approximate surface area is 133 Å². The third kappa shape index (κ3) is 6.20. The van der Waals surface area contributed by atoms with E-state index in [0.29, 0.717) is 5.69 Å². The van der Waals surface area contributed by atoms with Crippen molar-refractivity contribution in [2.45, 2.75) is 67.0 Å². The zero-order valence-electron chi connectivity index (χ0n) is 14.4. The Kier molecular flexibility index (Phi) is 10.6. The molecule has 0 atom stereocenters. The predicted octanol–water partition coefficient (Wildman–Crippen LogP) is 2.95. The fourth-order valence-corrected chi connectivity index (χ4v) is 1.79. The molecule has 0 unspecified atom stereocenters. The SMILES string of the molecule is CC.CC.CCCCCn1cc(CN2C(=O)C=CC2=O)nn1. The van der Waals surface area contributed by atoms with Gasteiger partial charge in [-0.2, -0.15) is 0 Å². The van der Waals surface area contributed by atoms with Crippen molar-refractivity contribution in [2.75, 3.05) is 0 Å². The molecule has 0 fully saturated rings. The topological polar surface area (TPSA) is 68.1 Å². The van der Waals surface area contributed by atoms with Crippen molar-refractivity contribution in [3.8, 4) is 0 Å². The number of hydrogen-bond donors (Lipinski definition) is 0. The second kappa shape index (κ2) is 11.7. The lowest BCUT2D eigenvalue weighted by Crippen LogP contribution is -2.29. The Balaban J connectivity index is 0.00000102. The summed E-state index contributed by atoms with van der Waals surface area (Å²) < 4.78 is 1.75. The average Bonchev–Trinajstić information content (AvgIpc) is 3.13. The monoisotopic (exact) mass is 308 g/mol. The van der Waals surface area contributed by atoms with Gasteiger partial charge < -0.3 is 0 Å². The first-order chi connectivity index (χ1) is 10.7. The Hall–Kier alpha value is -1.98. The number of hydrogen-bond acceptors (Lipinski definition) is 4. The van der Waals surface area contributed by atoms with Crippen LogP contribution in [0.15, 0.2) is 18.3 Å². The summed E-state index contributed by atoms with van der Waals surface area (Å²) in [6.45, 7) is 11.2. The largest absolute Gasteiger partial charge is 0.269 e. The molecular weight excluding hydrogens is 280 g/mol. The average molecular weight is 308 g/mol. The van der Waals surface area contributed by atoms with Crippen molar-refractivity contribution in [3.05, 3.63) is 24.0 Å². The van der Waals surface area contributed by atoms with Crippen LogP contribution in [0.2, 0.25) is 0 Å². The molecule has 6 nitrogen and oxygen atoms in total. The molecule has 0 aromatic carbocycles. The molecule has 0 radical (unpaired) electrons. The number of nitrogens with zero attached hydrogens (tertiary/aromatic N) is 4. The minimum atomic E-state index is -0.291. The molecule has 0 N–H and O–H groups in total. The Bertz CT molecular complexity index is 462. The maximum absolute atomic E-state index is 11.4. The second-order valence-electron chi connectivity index (χ2n) is 4.28. The van der Waals surface area contributed by atoms with Gasteiger partial charge in [0.25, 0.3) is 11.8 Å². The molecule has 22 heavy (non-hydrogen) atoms. The van der Waals surface area contributed by atoms with E-state index in [-0.39, 0.29) is 18.4 Å². The number of unbranched alkanes of at least 4 members (excludes halogenated alkanes) is 2. The first kappa shape index (κ1) is 20.0. The molecule has 0 saturated carbocycles. The third-order valence-corrected chi connectivity index (χ3v) is 2.80. The van der Waals surface area contributed by atoms with Gasteiger partial charge in [-0.05, 0) is 6.42 Å². The van der Waals surface area contributed by atoms with Crippen LogP contribution in [0.3, 0.4) is 0 Å². The van der Waals surface area contributed by atoms with Gasteiger partial charge in [0.05, 0.1) is 12.7 Å². The van der Waals surface area contributed by atoms with E-state index in [0.717, 1.165) is 30.7 Å². The van der Waals surface area contributed by atoms with Gasteiger partial charge in [0.1, 0.15) is 5.69 Å². The summed E-state index contributed by atoms with van der Waals surface area (Å²) in [5, 5.41) is 7.94. The number of aromatic nitrogens is 3. The highest BCUT2D eigenvalue weighted by Gasteiger charge is 2.24. The normalized spacial score (nSPS) is 12.7. The van der Waals surface area contributed by atoms with E-state index in [4.69, 9.17) is 0 Å². The number of carbonyl (C=O) groups excluding carboxylic acids is 2. The minimum absolute atomic E-state index is 0.193. The fraction of sp³-hybridized carbons (Fsp3) is 0.625. The summed E-state index contributed by atoms with van der Waals surface area (Å²) >= 11 is 0. The molecule has 2 amide bonds. The summed E-state index contributed by atoms with van der Waals surface area (Å²) in [5.74, 6) is -0.582. The first-order valence-electron chi connectivity index (χ1n) is 8.13. The van der Waals surface area contributed by atoms with Crippen LogP contribution in [0, 0.1) is 0 Å². The quantitative estimate of drug-likeness (QED) is 0.598. The molecule has 0 spiro atoms. The van der Waals surface area contributed by atoms with E-state index in [1.807, 2.05) is 27.7 Å². The van der Waals surface area contributed by atoms with Crippen molar-refractivity contribution in [1.82, 2.24) is 19.9 Å². The van der Waals surface area contributed by atoms with Crippen LogP contribution < -0.4 is 0 Å². The fourth-order valence-electron chi connectivity index (χ4n) is 1.79. The minimum Gasteiger partial charge on any atom is -0.269 e. The highest BCUT2D eigenvalue weighted by atomic mass is 16.2. The molecule has 2 rings (SSSR count). The molecule has 0 bridgehead atoms. The zero-order chi connectivity index (χ0) is 17.0. The smallest absolute Gasteiger partial charge is 0.253 e. The molecule has 0 saturated heterocycles. The summed E-state index contributed by atoms with van der Waals surface area (Å²) in [5.41, 5.74) is 0.636. The van der Waals surface area contributed by atoms with E-state index in [1.165, 1.54) is 12.2 Å². The van der Waals surface area contributed by atoms with Gasteiger partial charge >= 0.3 is 0 Å². The van der Waals surface area contributed by atoms with Crippen LogP contribution in [0.4, 0.5) is 0 Å². The van der Waals surface area contributed by atoms with E-state index in [9.17, 15) is 9.59 Å². The molecule has 1 aliphatic heterocycles. The van der Waals surface area contributed by atoms with Crippen LogP contribution >= 0.6 is 0 Å². The zero-order valence-corrected chi connectivity index (χ0v) is 14.4. The summed E-state index contributed by atoms with van der Waals surface area (Å²) in [6.07, 6.45) is 7.70. The molecule has 1 aliphatic rings. The van der Waals surface area contributed by atoms with Gasteiger partial charge in [-0.25, -0.2) is 0 Å². The maximum Gasteiger partial charge on any atom is 0.253 e. The number of aryl methyl sites for hydroxylation is 1. The highest BCUT2D eigenvalue weighted by Crippen LogP contribution is 2.08. The van der Waals surface area contributed by atoms with Crippen molar-refractivity contribution >= 4 is 11.8 Å². The molecule has 2 heterocycles. The van der Waals surface area contributed by atoms with Gasteiger partial charge in [0.2, 0.25) is 0 Å². The second-order valence-corrected chi connectivity index (χ2v) is 4.28. The van der Waals surface area contributed by atoms with Crippen molar-refractivity contribution in [2.24, 2.45) is 0 Å². The van der Waals surface area contributed by atoms with E-state index < -0.39 is 0 Å². The van der Waals surface area contributed by atoms with Crippen molar-refractivity contribution in [3.63, 3.8) is 0 Å². The van der Waals surface area contributed by atoms with Crippen molar-refractivity contribution in [1.29, 1.82) is 0 Å². The number of imide groups is 1. The van der Waals surface area contributed by atoms with Gasteiger partial charge in [-0.15, -0.1) is 5.10 Å². The van der Waals surface area contributed by atoms with Crippen molar-refractivity contribution < 1.29 is 9.59 Å². The lowest BCUT2D eigenvalue weighted by Gasteiger charge is -2.10. The Morgan fingerprint density at radius 3 is 2.14 bits per heavy atom. The molecule has 1 aromatic heterocycles. The van der Waals surface area contributed by atoms with E-state index in [2.05, 4.69) is 17.2 Å². The lowest BCUT2D eigenvalue weighted by atomic mass is 10.2. The van der Waals surface area contributed by atoms with Gasteiger partial charge in [0, 0.05) is 18.7 Å². The maximum atomic E-state index is 11.4. The summed E-state index contributed by atoms with van der Waals surface area (Å²) in [4.78, 5) is 23.9. The molecular formula is C16H28N4O2. The first-order valence-corrected chi connectivity index (χ1v) is 8.13. The highest BCUT2D eigenvalue weighted by molar-refractivity contribution is 6.12. The van der Waals surface area contributed by atoms with Gasteiger partial charge in [0.15, 0.2) is 0 Å². The number of rotatable bonds is 6. The lowest BCUT2D eigenvalue weighted by molar-refractivity contribution is -0.137. The number of amides is 2. The molecule has 124 valence electrons. The molecule has 0 aliphatic carbocycles. The Morgan fingerprint density at radius 1 is 1.00 bits per heavy atom. The predicted molar refractivity (Wildman–Crippen MR) is 86.9 cm³/mol. The standard InChI is InChI=1S/C12H16N4O2.2C2H6/c1-2-3-4-7-15-8-10(13-14-15)9-16-11(17)5-6-12(16)18;2*1-2/h5-6,8H,2-4,7,9H2,1H3;2*1-2H3. The molecule has 6 heteroatoms.